The predicted octanol–water partition coefficient (Wildman–Crippen LogP) is 10.9. The van der Waals surface area contributed by atoms with Crippen LogP contribution < -0.4 is 4.74 Å². The summed E-state index contributed by atoms with van der Waals surface area (Å²) in [6.07, 6.45) is 11.8. The second-order valence-electron chi connectivity index (χ2n) is 10.1. The predicted molar refractivity (Wildman–Crippen MR) is 185 cm³/mol. The first-order valence-electron chi connectivity index (χ1n) is 14.9. The number of halogens is 2. The normalized spacial score (nSPS) is 10.7. The molecule has 0 amide bonds. The molecule has 0 fully saturated rings. The summed E-state index contributed by atoms with van der Waals surface area (Å²) in [5.41, 5.74) is 3.54. The van der Waals surface area contributed by atoms with Gasteiger partial charge in [0.05, 0.1) is 12.2 Å². The molecular formula is C36H57F2NO3S. The molecule has 2 aromatic rings. The molecule has 0 aliphatic rings. The molecule has 0 aromatic heterocycles. The van der Waals surface area contributed by atoms with Gasteiger partial charge in [-0.15, -0.1) is 11.8 Å². The lowest BCUT2D eigenvalue weighted by molar-refractivity contribution is -0.0987. The van der Waals surface area contributed by atoms with E-state index in [4.69, 9.17) is 14.3 Å². The number of aliphatic imine (C=N–C) groups is 1. The van der Waals surface area contributed by atoms with Crippen LogP contribution in [0.15, 0.2) is 65.8 Å². The third-order valence-corrected chi connectivity index (χ3v) is 7.76. The van der Waals surface area contributed by atoms with E-state index in [1.165, 1.54) is 56.2 Å². The number of allylic oxidation sites excluding steroid dienone is 1. The maximum absolute atomic E-state index is 13.2. The van der Waals surface area contributed by atoms with E-state index in [9.17, 15) is 8.78 Å². The molecule has 0 N–H and O–H groups in total. The molecule has 2 aromatic carbocycles. The first kappa shape index (κ1) is 44.6. The highest BCUT2D eigenvalue weighted by molar-refractivity contribution is 8.13. The van der Waals surface area contributed by atoms with Gasteiger partial charge in [-0.3, -0.25) is 4.99 Å². The van der Waals surface area contributed by atoms with Crippen LogP contribution in [0.5, 0.6) is 5.75 Å². The van der Waals surface area contributed by atoms with Crippen LogP contribution in [-0.4, -0.2) is 32.0 Å². The van der Waals surface area contributed by atoms with Crippen molar-refractivity contribution in [3.63, 3.8) is 0 Å². The zero-order chi connectivity index (χ0) is 33.9. The van der Waals surface area contributed by atoms with Gasteiger partial charge in [0.1, 0.15) is 19.3 Å². The molecule has 4 nitrogen and oxygen atoms in total. The van der Waals surface area contributed by atoms with E-state index in [1.807, 2.05) is 45.0 Å². The van der Waals surface area contributed by atoms with E-state index >= 15 is 0 Å². The number of benzene rings is 2. The molecule has 0 spiro atoms. The van der Waals surface area contributed by atoms with Gasteiger partial charge < -0.3 is 14.3 Å². The van der Waals surface area contributed by atoms with Gasteiger partial charge >= 0.3 is 0 Å². The van der Waals surface area contributed by atoms with E-state index in [0.717, 1.165) is 29.7 Å². The zero-order valence-corrected chi connectivity index (χ0v) is 29.0. The van der Waals surface area contributed by atoms with E-state index in [2.05, 4.69) is 58.3 Å². The molecule has 0 unspecified atom stereocenters. The van der Waals surface area contributed by atoms with E-state index in [0.29, 0.717) is 17.5 Å². The van der Waals surface area contributed by atoms with Gasteiger partial charge in [-0.25, -0.2) is 8.78 Å². The second-order valence-corrected chi connectivity index (χ2v) is 11.1. The molecule has 0 saturated heterocycles. The van der Waals surface area contributed by atoms with Crippen LogP contribution in [0.3, 0.4) is 0 Å². The second kappa shape index (κ2) is 26.8. The number of hydrogen-bond acceptors (Lipinski definition) is 5. The smallest absolute Gasteiger partial charge is 0.270 e. The number of alkyl halides is 2. The number of thioether (sulfide) groups is 1. The molecule has 0 radical (unpaired) electrons. The molecule has 0 aliphatic heterocycles. The van der Waals surface area contributed by atoms with Crippen molar-refractivity contribution in [3.05, 3.63) is 77.5 Å². The van der Waals surface area contributed by atoms with Crippen LogP contribution in [0.25, 0.3) is 0 Å². The van der Waals surface area contributed by atoms with Gasteiger partial charge in [0, 0.05) is 24.6 Å². The molecule has 0 saturated carbocycles. The van der Waals surface area contributed by atoms with Gasteiger partial charge in [-0.05, 0) is 67.2 Å². The molecule has 0 bridgehead atoms. The minimum atomic E-state index is -2.81. The van der Waals surface area contributed by atoms with Crippen molar-refractivity contribution in [1.29, 1.82) is 0 Å². The van der Waals surface area contributed by atoms with E-state index < -0.39 is 5.92 Å². The van der Waals surface area contributed by atoms with Crippen molar-refractivity contribution in [3.8, 4) is 5.75 Å². The summed E-state index contributed by atoms with van der Waals surface area (Å²) in [4.78, 5) is 20.3. The Balaban J connectivity index is -0.000000554. The lowest BCUT2D eigenvalue weighted by Crippen LogP contribution is -2.17. The van der Waals surface area contributed by atoms with Gasteiger partial charge in [-0.2, -0.15) is 0 Å². The van der Waals surface area contributed by atoms with Crippen LogP contribution in [0.4, 0.5) is 8.78 Å². The largest absolute Gasteiger partial charge is 0.497 e. The van der Waals surface area contributed by atoms with Crippen molar-refractivity contribution in [2.75, 3.05) is 13.4 Å². The van der Waals surface area contributed by atoms with Gasteiger partial charge in [0.25, 0.3) is 5.92 Å². The number of methoxy groups -OCH3 is 1. The Morgan fingerprint density at radius 1 is 0.884 bits per heavy atom. The summed E-state index contributed by atoms with van der Waals surface area (Å²) in [6, 6.07) is 14.5. The summed E-state index contributed by atoms with van der Waals surface area (Å²) in [5, 5.41) is 0.914. The minimum absolute atomic E-state index is 0.0263. The van der Waals surface area contributed by atoms with Crippen LogP contribution in [0.2, 0.25) is 0 Å². The van der Waals surface area contributed by atoms with Crippen molar-refractivity contribution >= 4 is 30.4 Å². The van der Waals surface area contributed by atoms with Crippen molar-refractivity contribution < 1.29 is 23.1 Å². The summed E-state index contributed by atoms with van der Waals surface area (Å²) in [7, 11) is 1.68. The van der Waals surface area contributed by atoms with Gasteiger partial charge in [0.15, 0.2) is 0 Å². The SMILES string of the molecule is C=C(Cc1cccc(C(C)(F)F)c1)N=C(C)SC.C=O.C=O.CCCC(CC)(CC)CCC.CCc1ccc(OC)cc1. The number of hydrogen-bond donors (Lipinski definition) is 0. The number of aryl methyl sites for hydroxylation is 1. The number of ether oxygens (including phenoxy) is 1. The maximum atomic E-state index is 13.2. The van der Waals surface area contributed by atoms with Crippen LogP contribution in [0.1, 0.15) is 104 Å². The minimum Gasteiger partial charge on any atom is -0.497 e. The molecule has 0 atom stereocenters. The summed E-state index contributed by atoms with van der Waals surface area (Å²) in [6.45, 7) is 22.1. The Labute approximate surface area is 265 Å². The maximum Gasteiger partial charge on any atom is 0.270 e. The summed E-state index contributed by atoms with van der Waals surface area (Å²) in [5.74, 6) is -1.88. The summed E-state index contributed by atoms with van der Waals surface area (Å²) < 4.78 is 31.4. The highest BCUT2D eigenvalue weighted by atomic mass is 32.2. The van der Waals surface area contributed by atoms with Gasteiger partial charge in [0.2, 0.25) is 0 Å². The fourth-order valence-electron chi connectivity index (χ4n) is 4.50. The van der Waals surface area contributed by atoms with E-state index in [1.54, 1.807) is 24.9 Å². The molecule has 43 heavy (non-hydrogen) atoms. The molecular weight excluding hydrogens is 564 g/mol. The van der Waals surface area contributed by atoms with Crippen molar-refractivity contribution in [2.24, 2.45) is 10.4 Å². The lowest BCUT2D eigenvalue weighted by atomic mass is 9.75. The fraction of sp³-hybridized carbons (Fsp3) is 0.528. The Kier molecular flexibility index (Phi) is 27.8. The third kappa shape index (κ3) is 20.7. The lowest BCUT2D eigenvalue weighted by Gasteiger charge is -2.31. The monoisotopic (exact) mass is 621 g/mol. The Bertz CT molecular complexity index is 967. The first-order valence-corrected chi connectivity index (χ1v) is 16.1. The van der Waals surface area contributed by atoms with Crippen molar-refractivity contribution in [2.45, 2.75) is 106 Å². The molecule has 7 heteroatoms. The quantitative estimate of drug-likeness (QED) is 0.175. The van der Waals surface area contributed by atoms with Crippen LogP contribution in [0, 0.1) is 5.41 Å². The van der Waals surface area contributed by atoms with Crippen LogP contribution >= 0.6 is 11.8 Å². The summed E-state index contributed by atoms with van der Waals surface area (Å²) >= 11 is 1.54. The van der Waals surface area contributed by atoms with Crippen molar-refractivity contribution in [1.82, 2.24) is 0 Å². The average Bonchev–Trinajstić information content (AvgIpc) is 3.03. The standard InChI is InChI=1S/C14H17F2NS.C11H24.C9H12O.2CH2O/c1-10(17-11(2)18-4)8-12-6-5-7-13(9-12)14(3,15)16;1-5-9-11(7-3,8-4)10-6-2;1-3-8-4-6-9(10-2)7-5-8;2*1-2/h5-7,9H,1,8H2,2-4H3;5-10H2,1-4H3;4-7H,3H2,1-2H3;2*1H2. The highest BCUT2D eigenvalue weighted by Crippen LogP contribution is 2.36. The number of carbonyl (C=O) groups is 2. The Morgan fingerprint density at radius 3 is 1.77 bits per heavy atom. The zero-order valence-electron chi connectivity index (χ0n) is 28.2. The van der Waals surface area contributed by atoms with Crippen LogP contribution in [-0.2, 0) is 28.4 Å². The third-order valence-electron chi connectivity index (χ3n) is 7.08. The molecule has 0 aliphatic carbocycles. The molecule has 0 heterocycles. The highest BCUT2D eigenvalue weighted by Gasteiger charge is 2.24. The topological polar surface area (TPSA) is 55.7 Å². The fourth-order valence-corrected chi connectivity index (χ4v) is 4.72. The first-order chi connectivity index (χ1) is 20.4. The molecule has 2 rings (SSSR count). The Hall–Kier alpha value is -2.80. The Morgan fingerprint density at radius 2 is 1.40 bits per heavy atom. The molecule has 244 valence electrons. The number of carbonyl (C=O) groups excluding carboxylic acids is 2. The van der Waals surface area contributed by atoms with Gasteiger partial charge in [-0.1, -0.05) is 97.2 Å². The number of rotatable bonds is 12. The number of nitrogens with zero attached hydrogens (tertiary/aromatic N) is 1. The van der Waals surface area contributed by atoms with E-state index in [-0.39, 0.29) is 5.56 Å². The average molecular weight is 622 g/mol.